The largest absolute Gasteiger partial charge is 0.399 e. The number of nitrogen functional groups attached to an aromatic ring is 1. The number of piperidine rings is 1. The fraction of sp³-hybridized carbons (Fsp3) is 0.417. The first-order valence-corrected chi connectivity index (χ1v) is 6.46. The van der Waals surface area contributed by atoms with Crippen molar-refractivity contribution in [1.29, 1.82) is 0 Å². The first kappa shape index (κ1) is 13.5. The molecule has 0 unspecified atom stereocenters. The molecule has 0 bridgehead atoms. The monoisotopic (exact) mass is 288 g/mol. The van der Waals surface area contributed by atoms with Gasteiger partial charge in [-0.05, 0) is 25.0 Å². The van der Waals surface area contributed by atoms with Gasteiger partial charge >= 0.3 is 0 Å². The summed E-state index contributed by atoms with van der Waals surface area (Å²) in [6, 6.07) is 3.04. The van der Waals surface area contributed by atoms with Crippen LogP contribution in [0.2, 0.25) is 10.0 Å². The molecule has 1 aromatic rings. The van der Waals surface area contributed by atoms with E-state index in [1.807, 2.05) is 0 Å². The number of amides is 1. The van der Waals surface area contributed by atoms with Crippen LogP contribution in [-0.4, -0.2) is 35.1 Å². The molecule has 6 heteroatoms. The number of nitrogens with zero attached hydrogens (tertiary/aromatic N) is 1. The molecular formula is C12H14Cl2N2O2. The quantitative estimate of drug-likeness (QED) is 0.779. The number of rotatable bonds is 1. The molecule has 3 N–H and O–H groups in total. The Balaban J connectivity index is 2.23. The van der Waals surface area contributed by atoms with Gasteiger partial charge in [-0.1, -0.05) is 23.2 Å². The summed E-state index contributed by atoms with van der Waals surface area (Å²) in [6.45, 7) is 1.03. The summed E-state index contributed by atoms with van der Waals surface area (Å²) in [7, 11) is 0. The van der Waals surface area contributed by atoms with Gasteiger partial charge in [0.25, 0.3) is 5.91 Å². The van der Waals surface area contributed by atoms with Gasteiger partial charge in [0.2, 0.25) is 0 Å². The third-order valence-corrected chi connectivity index (χ3v) is 3.83. The standard InChI is InChI=1S/C12H14Cl2N2O2/c13-10-6-7(15)5-9(11(10)14)12(18)16-3-1-8(17)2-4-16/h5-6,8,17H,1-4,15H2. The van der Waals surface area contributed by atoms with Crippen LogP contribution < -0.4 is 5.73 Å². The van der Waals surface area contributed by atoms with Gasteiger partial charge in [-0.3, -0.25) is 4.79 Å². The third kappa shape index (κ3) is 2.71. The van der Waals surface area contributed by atoms with Gasteiger partial charge in [-0.15, -0.1) is 0 Å². The summed E-state index contributed by atoms with van der Waals surface area (Å²) in [6.07, 6.45) is 0.840. The van der Waals surface area contributed by atoms with Crippen molar-refractivity contribution in [3.05, 3.63) is 27.7 Å². The smallest absolute Gasteiger partial charge is 0.255 e. The van der Waals surface area contributed by atoms with Crippen LogP contribution in [0.25, 0.3) is 0 Å². The number of halogens is 2. The van der Waals surface area contributed by atoms with Gasteiger partial charge in [0.15, 0.2) is 0 Å². The van der Waals surface area contributed by atoms with Gasteiger partial charge in [0.1, 0.15) is 0 Å². The molecule has 98 valence electrons. The van der Waals surface area contributed by atoms with Gasteiger partial charge in [0.05, 0.1) is 21.7 Å². The number of hydrogen-bond acceptors (Lipinski definition) is 3. The van der Waals surface area contributed by atoms with Crippen molar-refractivity contribution in [2.45, 2.75) is 18.9 Å². The molecule has 0 spiro atoms. The molecule has 1 amide bonds. The lowest BCUT2D eigenvalue weighted by Gasteiger charge is -2.30. The van der Waals surface area contributed by atoms with E-state index < -0.39 is 0 Å². The second-order valence-electron chi connectivity index (χ2n) is 4.39. The highest BCUT2D eigenvalue weighted by Crippen LogP contribution is 2.30. The van der Waals surface area contributed by atoms with E-state index in [0.29, 0.717) is 37.2 Å². The number of nitrogens with two attached hydrogens (primary N) is 1. The van der Waals surface area contributed by atoms with Crippen molar-refractivity contribution in [2.75, 3.05) is 18.8 Å². The molecule has 1 aromatic carbocycles. The third-order valence-electron chi connectivity index (χ3n) is 3.03. The zero-order chi connectivity index (χ0) is 13.3. The molecule has 0 aromatic heterocycles. The Morgan fingerprint density at radius 3 is 2.56 bits per heavy atom. The molecule has 1 aliphatic rings. The molecule has 2 rings (SSSR count). The number of carbonyl (C=O) groups excluding carboxylic acids is 1. The van der Waals surface area contributed by atoms with Crippen LogP contribution >= 0.6 is 23.2 Å². The number of carbonyl (C=O) groups is 1. The fourth-order valence-corrected chi connectivity index (χ4v) is 2.42. The van der Waals surface area contributed by atoms with Crippen molar-refractivity contribution in [3.63, 3.8) is 0 Å². The average Bonchev–Trinajstić information content (AvgIpc) is 2.34. The van der Waals surface area contributed by atoms with E-state index in [2.05, 4.69) is 0 Å². The number of benzene rings is 1. The van der Waals surface area contributed by atoms with E-state index in [0.717, 1.165) is 0 Å². The maximum Gasteiger partial charge on any atom is 0.255 e. The lowest BCUT2D eigenvalue weighted by atomic mass is 10.1. The molecule has 1 fully saturated rings. The van der Waals surface area contributed by atoms with Crippen LogP contribution in [0.4, 0.5) is 5.69 Å². The van der Waals surface area contributed by atoms with Crippen molar-refractivity contribution in [1.82, 2.24) is 4.90 Å². The van der Waals surface area contributed by atoms with Crippen LogP contribution in [-0.2, 0) is 0 Å². The van der Waals surface area contributed by atoms with E-state index in [1.54, 1.807) is 4.90 Å². The Bertz CT molecular complexity index is 471. The van der Waals surface area contributed by atoms with Gasteiger partial charge in [-0.25, -0.2) is 0 Å². The van der Waals surface area contributed by atoms with Crippen molar-refractivity contribution >= 4 is 34.8 Å². The van der Waals surface area contributed by atoms with Gasteiger partial charge < -0.3 is 15.7 Å². The first-order valence-electron chi connectivity index (χ1n) is 5.71. The highest BCUT2D eigenvalue weighted by molar-refractivity contribution is 6.44. The summed E-state index contributed by atoms with van der Waals surface area (Å²) < 4.78 is 0. The molecular weight excluding hydrogens is 275 g/mol. The fourth-order valence-electron chi connectivity index (χ4n) is 2.00. The number of hydrogen-bond donors (Lipinski definition) is 2. The Labute approximate surface area is 115 Å². The van der Waals surface area contributed by atoms with Crippen molar-refractivity contribution < 1.29 is 9.90 Å². The normalized spacial score (nSPS) is 16.9. The Kier molecular flexibility index (Phi) is 4.00. The van der Waals surface area contributed by atoms with Crippen LogP contribution in [0, 0.1) is 0 Å². The summed E-state index contributed by atoms with van der Waals surface area (Å²) in [5, 5.41) is 9.92. The van der Waals surface area contributed by atoms with E-state index in [4.69, 9.17) is 28.9 Å². The summed E-state index contributed by atoms with van der Waals surface area (Å²) >= 11 is 11.9. The minimum Gasteiger partial charge on any atom is -0.399 e. The van der Waals surface area contributed by atoms with Gasteiger partial charge in [-0.2, -0.15) is 0 Å². The number of aliphatic hydroxyl groups is 1. The Hall–Kier alpha value is -0.970. The molecule has 0 saturated carbocycles. The molecule has 4 nitrogen and oxygen atoms in total. The van der Waals surface area contributed by atoms with Crippen LogP contribution in [0.5, 0.6) is 0 Å². The van der Waals surface area contributed by atoms with Crippen LogP contribution in [0.1, 0.15) is 23.2 Å². The Morgan fingerprint density at radius 2 is 1.94 bits per heavy atom. The molecule has 1 heterocycles. The lowest BCUT2D eigenvalue weighted by Crippen LogP contribution is -2.40. The lowest BCUT2D eigenvalue weighted by molar-refractivity contribution is 0.0547. The molecule has 1 aliphatic heterocycles. The first-order chi connectivity index (χ1) is 8.49. The second-order valence-corrected chi connectivity index (χ2v) is 5.17. The highest BCUT2D eigenvalue weighted by Gasteiger charge is 2.24. The molecule has 0 aliphatic carbocycles. The highest BCUT2D eigenvalue weighted by atomic mass is 35.5. The predicted molar refractivity (Wildman–Crippen MR) is 72.0 cm³/mol. The summed E-state index contributed by atoms with van der Waals surface area (Å²) in [4.78, 5) is 13.9. The van der Waals surface area contributed by atoms with Crippen LogP contribution in [0.15, 0.2) is 12.1 Å². The summed E-state index contributed by atoms with van der Waals surface area (Å²) in [5.41, 5.74) is 6.39. The Morgan fingerprint density at radius 1 is 1.33 bits per heavy atom. The van der Waals surface area contributed by atoms with E-state index in [-0.39, 0.29) is 22.1 Å². The SMILES string of the molecule is Nc1cc(Cl)c(Cl)c(C(=O)N2CCC(O)CC2)c1. The number of aliphatic hydroxyl groups excluding tert-OH is 1. The maximum atomic E-state index is 12.3. The minimum atomic E-state index is -0.325. The molecule has 0 radical (unpaired) electrons. The summed E-state index contributed by atoms with van der Waals surface area (Å²) in [5.74, 6) is -0.193. The minimum absolute atomic E-state index is 0.193. The molecule has 18 heavy (non-hydrogen) atoms. The van der Waals surface area contributed by atoms with E-state index >= 15 is 0 Å². The zero-order valence-corrected chi connectivity index (χ0v) is 11.2. The zero-order valence-electron chi connectivity index (χ0n) is 9.70. The second kappa shape index (κ2) is 5.34. The van der Waals surface area contributed by atoms with Crippen molar-refractivity contribution in [3.8, 4) is 0 Å². The predicted octanol–water partition coefficient (Wildman–Crippen LogP) is 2.17. The average molecular weight is 289 g/mol. The van der Waals surface area contributed by atoms with Gasteiger partial charge in [0, 0.05) is 18.8 Å². The maximum absolute atomic E-state index is 12.3. The van der Waals surface area contributed by atoms with E-state index in [1.165, 1.54) is 12.1 Å². The van der Waals surface area contributed by atoms with Crippen LogP contribution in [0.3, 0.4) is 0 Å². The molecule has 1 saturated heterocycles. The molecule has 0 atom stereocenters. The number of likely N-dealkylation sites (tertiary alicyclic amines) is 1. The number of anilines is 1. The topological polar surface area (TPSA) is 66.6 Å². The van der Waals surface area contributed by atoms with Crippen molar-refractivity contribution in [2.24, 2.45) is 0 Å². The van der Waals surface area contributed by atoms with E-state index in [9.17, 15) is 9.90 Å².